The van der Waals surface area contributed by atoms with Gasteiger partial charge in [0.05, 0.1) is 21.8 Å². The lowest BCUT2D eigenvalue weighted by atomic mass is 10.2. The van der Waals surface area contributed by atoms with Crippen LogP contribution in [0.25, 0.3) is 0 Å². The summed E-state index contributed by atoms with van der Waals surface area (Å²) in [6.45, 7) is 0. The molecule has 7 heteroatoms. The van der Waals surface area contributed by atoms with Gasteiger partial charge < -0.3 is 5.32 Å². The van der Waals surface area contributed by atoms with Crippen molar-refractivity contribution in [2.24, 2.45) is 0 Å². The van der Waals surface area contributed by atoms with Crippen LogP contribution in [0.15, 0.2) is 16.6 Å². The molecule has 0 aromatic heterocycles. The topological polar surface area (TPSA) is 41.1 Å². The van der Waals surface area contributed by atoms with Crippen molar-refractivity contribution in [3.05, 3.63) is 26.7 Å². The first kappa shape index (κ1) is 13.5. The lowest BCUT2D eigenvalue weighted by Crippen LogP contribution is -2.37. The van der Waals surface area contributed by atoms with E-state index in [1.807, 2.05) is 0 Å². The second-order valence-electron chi connectivity index (χ2n) is 3.48. The number of hydrogen-bond donors (Lipinski definition) is 2. The number of anilines is 1. The highest BCUT2D eigenvalue weighted by Gasteiger charge is 2.23. The SMILES string of the molecule is O=C(Nc1ccc(Br)c(Cl)c1Cl)C1CSCN1. The number of carbonyl (C=O) groups is 1. The predicted octanol–water partition coefficient (Wildman–Crippen LogP) is 3.36. The quantitative estimate of drug-likeness (QED) is 0.799. The smallest absolute Gasteiger partial charge is 0.242 e. The minimum absolute atomic E-state index is 0.0877. The number of hydrogen-bond acceptors (Lipinski definition) is 3. The van der Waals surface area contributed by atoms with E-state index in [1.54, 1.807) is 23.9 Å². The fourth-order valence-electron chi connectivity index (χ4n) is 1.41. The first-order chi connectivity index (χ1) is 8.09. The summed E-state index contributed by atoms with van der Waals surface area (Å²) in [5.41, 5.74) is 0.531. The summed E-state index contributed by atoms with van der Waals surface area (Å²) in [6.07, 6.45) is 0. The molecule has 1 aliphatic heterocycles. The Balaban J connectivity index is 2.13. The molecule has 2 N–H and O–H groups in total. The first-order valence-electron chi connectivity index (χ1n) is 4.85. The third-order valence-electron chi connectivity index (χ3n) is 2.33. The lowest BCUT2D eigenvalue weighted by molar-refractivity contribution is -0.117. The summed E-state index contributed by atoms with van der Waals surface area (Å²) < 4.78 is 0.705. The molecule has 0 spiro atoms. The average Bonchev–Trinajstić information content (AvgIpc) is 2.83. The highest BCUT2D eigenvalue weighted by Crippen LogP contribution is 2.35. The number of benzene rings is 1. The van der Waals surface area contributed by atoms with E-state index in [0.717, 1.165) is 11.6 Å². The maximum atomic E-state index is 11.9. The Morgan fingerprint density at radius 1 is 1.47 bits per heavy atom. The molecule has 0 bridgehead atoms. The van der Waals surface area contributed by atoms with E-state index in [-0.39, 0.29) is 11.9 Å². The van der Waals surface area contributed by atoms with Gasteiger partial charge in [0.2, 0.25) is 5.91 Å². The molecule has 1 heterocycles. The minimum Gasteiger partial charge on any atom is -0.323 e. The molecule has 17 heavy (non-hydrogen) atoms. The zero-order valence-electron chi connectivity index (χ0n) is 8.60. The van der Waals surface area contributed by atoms with Gasteiger partial charge >= 0.3 is 0 Å². The van der Waals surface area contributed by atoms with Gasteiger partial charge in [-0.05, 0) is 28.1 Å². The Kier molecular flexibility index (Phi) is 4.60. The third kappa shape index (κ3) is 3.09. The molecule has 1 saturated heterocycles. The zero-order valence-corrected chi connectivity index (χ0v) is 12.5. The van der Waals surface area contributed by atoms with Crippen LogP contribution in [-0.2, 0) is 4.79 Å². The van der Waals surface area contributed by atoms with E-state index in [1.165, 1.54) is 0 Å². The molecule has 1 aromatic rings. The van der Waals surface area contributed by atoms with E-state index >= 15 is 0 Å². The van der Waals surface area contributed by atoms with Gasteiger partial charge in [0, 0.05) is 16.1 Å². The predicted molar refractivity (Wildman–Crippen MR) is 77.0 cm³/mol. The molecule has 0 saturated carbocycles. The zero-order chi connectivity index (χ0) is 12.4. The molecule has 92 valence electrons. The number of nitrogens with one attached hydrogen (secondary N) is 2. The number of amides is 1. The second-order valence-corrected chi connectivity index (χ2v) is 6.12. The van der Waals surface area contributed by atoms with E-state index in [4.69, 9.17) is 23.2 Å². The molecular formula is C10H9BrCl2N2OS. The van der Waals surface area contributed by atoms with Gasteiger partial charge in [-0.25, -0.2) is 0 Å². The Morgan fingerprint density at radius 3 is 2.88 bits per heavy atom. The van der Waals surface area contributed by atoms with Crippen LogP contribution in [0, 0.1) is 0 Å². The summed E-state index contributed by atoms with van der Waals surface area (Å²) in [4.78, 5) is 11.9. The van der Waals surface area contributed by atoms with Gasteiger partial charge in [0.25, 0.3) is 0 Å². The van der Waals surface area contributed by atoms with Crippen LogP contribution in [-0.4, -0.2) is 23.6 Å². The Bertz CT molecular complexity index is 452. The summed E-state index contributed by atoms with van der Waals surface area (Å²) in [6, 6.07) is 3.30. The molecule has 2 rings (SSSR count). The molecule has 1 fully saturated rings. The standard InChI is InChI=1S/C10H9BrCl2N2OS/c11-5-1-2-6(9(13)8(5)12)15-10(16)7-3-17-4-14-7/h1-2,7,14H,3-4H2,(H,15,16). The molecule has 1 aliphatic rings. The maximum Gasteiger partial charge on any atom is 0.242 e. The molecule has 1 aromatic carbocycles. The van der Waals surface area contributed by atoms with Crippen molar-refractivity contribution < 1.29 is 4.79 Å². The van der Waals surface area contributed by atoms with Gasteiger partial charge in [0.15, 0.2) is 0 Å². The van der Waals surface area contributed by atoms with E-state index in [2.05, 4.69) is 26.6 Å². The van der Waals surface area contributed by atoms with Crippen LogP contribution < -0.4 is 10.6 Å². The molecule has 1 amide bonds. The minimum atomic E-state index is -0.168. The Labute approximate surface area is 122 Å². The van der Waals surface area contributed by atoms with Crippen molar-refractivity contribution in [1.29, 1.82) is 0 Å². The summed E-state index contributed by atoms with van der Waals surface area (Å²) in [5.74, 6) is 1.48. The molecule has 1 atom stereocenters. The van der Waals surface area contributed by atoms with Crippen molar-refractivity contribution in [2.75, 3.05) is 16.9 Å². The fraction of sp³-hybridized carbons (Fsp3) is 0.300. The molecule has 0 radical (unpaired) electrons. The van der Waals surface area contributed by atoms with Gasteiger partial charge in [-0.15, -0.1) is 11.8 Å². The van der Waals surface area contributed by atoms with Gasteiger partial charge in [-0.3, -0.25) is 10.1 Å². The summed E-state index contributed by atoms with van der Waals surface area (Å²) in [5, 5.41) is 6.60. The highest BCUT2D eigenvalue weighted by atomic mass is 79.9. The average molecular weight is 356 g/mol. The summed E-state index contributed by atoms with van der Waals surface area (Å²) in [7, 11) is 0. The third-order valence-corrected chi connectivity index (χ3v) is 5.04. The van der Waals surface area contributed by atoms with Crippen molar-refractivity contribution in [3.8, 4) is 0 Å². The number of halogens is 3. The number of rotatable bonds is 2. The second kappa shape index (κ2) is 5.80. The van der Waals surface area contributed by atoms with Crippen LogP contribution in [0.4, 0.5) is 5.69 Å². The van der Waals surface area contributed by atoms with Crippen LogP contribution in [0.3, 0.4) is 0 Å². The maximum absolute atomic E-state index is 11.9. The first-order valence-corrected chi connectivity index (χ1v) is 7.55. The normalized spacial score (nSPS) is 19.4. The van der Waals surface area contributed by atoms with Crippen molar-refractivity contribution >= 4 is 62.5 Å². The van der Waals surface area contributed by atoms with Crippen molar-refractivity contribution in [2.45, 2.75) is 6.04 Å². The van der Waals surface area contributed by atoms with Crippen LogP contribution in [0.5, 0.6) is 0 Å². The number of thioether (sulfide) groups is 1. The summed E-state index contributed by atoms with van der Waals surface area (Å²) >= 11 is 17.0. The van der Waals surface area contributed by atoms with Gasteiger partial charge in [-0.2, -0.15) is 0 Å². The largest absolute Gasteiger partial charge is 0.323 e. The Hall–Kier alpha value is 0.0600. The van der Waals surface area contributed by atoms with Crippen LogP contribution in [0.2, 0.25) is 10.0 Å². The van der Waals surface area contributed by atoms with Crippen LogP contribution >= 0.6 is 50.9 Å². The van der Waals surface area contributed by atoms with Crippen molar-refractivity contribution in [3.63, 3.8) is 0 Å². The van der Waals surface area contributed by atoms with E-state index in [9.17, 15) is 4.79 Å². The van der Waals surface area contributed by atoms with Gasteiger partial charge in [0.1, 0.15) is 0 Å². The lowest BCUT2D eigenvalue weighted by Gasteiger charge is -2.12. The monoisotopic (exact) mass is 354 g/mol. The number of carbonyl (C=O) groups excluding carboxylic acids is 1. The fourth-order valence-corrected chi connectivity index (χ4v) is 3.17. The highest BCUT2D eigenvalue weighted by molar-refractivity contribution is 9.10. The molecule has 0 aliphatic carbocycles. The van der Waals surface area contributed by atoms with E-state index < -0.39 is 0 Å². The molecule has 3 nitrogen and oxygen atoms in total. The van der Waals surface area contributed by atoms with Gasteiger partial charge in [-0.1, -0.05) is 23.2 Å². The van der Waals surface area contributed by atoms with Crippen molar-refractivity contribution in [1.82, 2.24) is 5.32 Å². The molecular weight excluding hydrogens is 347 g/mol. The van der Waals surface area contributed by atoms with E-state index in [0.29, 0.717) is 20.2 Å². The Morgan fingerprint density at radius 2 is 2.24 bits per heavy atom. The molecule has 1 unspecified atom stereocenters. The van der Waals surface area contributed by atoms with Crippen LogP contribution in [0.1, 0.15) is 0 Å².